The molecule has 0 aromatic heterocycles. The fraction of sp³-hybridized carbons (Fsp3) is 0.533. The summed E-state index contributed by atoms with van der Waals surface area (Å²) in [5.74, 6) is 0. The minimum absolute atomic E-state index is 0.251. The van der Waals surface area contributed by atoms with Crippen LogP contribution in [0.5, 0.6) is 0 Å². The van der Waals surface area contributed by atoms with Crippen molar-refractivity contribution in [3.05, 3.63) is 23.3 Å². The molecule has 0 saturated heterocycles. The molecule has 3 nitrogen and oxygen atoms in total. The SMILES string of the molecule is Cc1cc2c(cc1N)N(CCC(C)(C)C#N)CC2. The second-order valence-corrected chi connectivity index (χ2v) is 5.82. The molecule has 1 aromatic rings. The van der Waals surface area contributed by atoms with Gasteiger partial charge in [-0.15, -0.1) is 0 Å². The second kappa shape index (κ2) is 4.53. The number of anilines is 2. The van der Waals surface area contributed by atoms with Gasteiger partial charge in [0.05, 0.1) is 11.5 Å². The molecule has 1 aliphatic heterocycles. The van der Waals surface area contributed by atoms with Gasteiger partial charge in [0.25, 0.3) is 0 Å². The molecule has 0 atom stereocenters. The summed E-state index contributed by atoms with van der Waals surface area (Å²) < 4.78 is 0. The number of rotatable bonds is 3. The first-order chi connectivity index (χ1) is 8.43. The lowest BCUT2D eigenvalue weighted by atomic mass is 9.91. The maximum Gasteiger partial charge on any atom is 0.0684 e. The number of fused-ring (bicyclic) bond motifs is 1. The first-order valence-corrected chi connectivity index (χ1v) is 6.48. The quantitative estimate of drug-likeness (QED) is 0.830. The van der Waals surface area contributed by atoms with Crippen LogP contribution in [0.2, 0.25) is 0 Å². The molecule has 0 unspecified atom stereocenters. The number of nitrogen functional groups attached to an aromatic ring is 1. The summed E-state index contributed by atoms with van der Waals surface area (Å²) in [5, 5.41) is 9.06. The van der Waals surface area contributed by atoms with Crippen LogP contribution in [0.25, 0.3) is 0 Å². The molecule has 0 fully saturated rings. The zero-order valence-electron chi connectivity index (χ0n) is 11.5. The van der Waals surface area contributed by atoms with E-state index in [1.54, 1.807) is 0 Å². The van der Waals surface area contributed by atoms with Crippen LogP contribution in [0.15, 0.2) is 12.1 Å². The molecule has 0 radical (unpaired) electrons. The highest BCUT2D eigenvalue weighted by Gasteiger charge is 2.23. The van der Waals surface area contributed by atoms with Crippen molar-refractivity contribution >= 4 is 11.4 Å². The molecule has 2 rings (SSSR count). The number of hydrogen-bond donors (Lipinski definition) is 1. The fourth-order valence-corrected chi connectivity index (χ4v) is 2.35. The van der Waals surface area contributed by atoms with Crippen molar-refractivity contribution in [2.45, 2.75) is 33.6 Å². The zero-order chi connectivity index (χ0) is 13.3. The molecule has 0 saturated carbocycles. The monoisotopic (exact) mass is 243 g/mol. The lowest BCUT2D eigenvalue weighted by Gasteiger charge is -2.24. The Balaban J connectivity index is 2.13. The van der Waals surface area contributed by atoms with Crippen molar-refractivity contribution < 1.29 is 0 Å². The Hall–Kier alpha value is -1.69. The Labute approximate surface area is 109 Å². The average molecular weight is 243 g/mol. The topological polar surface area (TPSA) is 53.0 Å². The van der Waals surface area contributed by atoms with Gasteiger partial charge in [0.1, 0.15) is 0 Å². The van der Waals surface area contributed by atoms with Gasteiger partial charge in [0, 0.05) is 24.5 Å². The molecule has 1 aromatic carbocycles. The van der Waals surface area contributed by atoms with Gasteiger partial charge >= 0.3 is 0 Å². The van der Waals surface area contributed by atoms with Crippen LogP contribution in [0.4, 0.5) is 11.4 Å². The third-order valence-corrected chi connectivity index (χ3v) is 3.77. The van der Waals surface area contributed by atoms with E-state index < -0.39 is 0 Å². The van der Waals surface area contributed by atoms with Crippen LogP contribution in [0.3, 0.4) is 0 Å². The molecule has 0 aliphatic carbocycles. The molecule has 0 amide bonds. The third kappa shape index (κ3) is 2.43. The molecule has 2 N–H and O–H groups in total. The average Bonchev–Trinajstić information content (AvgIpc) is 2.70. The van der Waals surface area contributed by atoms with E-state index in [4.69, 9.17) is 11.0 Å². The smallest absolute Gasteiger partial charge is 0.0684 e. The standard InChI is InChI=1S/C15H21N3/c1-11-8-12-4-6-18(14(12)9-13(11)17)7-5-15(2,3)10-16/h8-9H,4-7,17H2,1-3H3. The van der Waals surface area contributed by atoms with Crippen LogP contribution in [-0.2, 0) is 6.42 Å². The molecule has 1 heterocycles. The number of nitriles is 1. The van der Waals surface area contributed by atoms with E-state index in [2.05, 4.69) is 30.0 Å². The van der Waals surface area contributed by atoms with Gasteiger partial charge in [0.15, 0.2) is 0 Å². The highest BCUT2D eigenvalue weighted by Crippen LogP contribution is 2.33. The van der Waals surface area contributed by atoms with Gasteiger partial charge in [-0.25, -0.2) is 0 Å². The van der Waals surface area contributed by atoms with Crippen molar-refractivity contribution in [1.82, 2.24) is 0 Å². The predicted octanol–water partition coefficient (Wildman–Crippen LogP) is 2.88. The molecular weight excluding hydrogens is 222 g/mol. The molecule has 0 bridgehead atoms. The van der Waals surface area contributed by atoms with Gasteiger partial charge in [-0.1, -0.05) is 6.07 Å². The Morgan fingerprint density at radius 2 is 2.17 bits per heavy atom. The van der Waals surface area contributed by atoms with Crippen LogP contribution in [0.1, 0.15) is 31.4 Å². The molecule has 96 valence electrons. The number of nitrogens with zero attached hydrogens (tertiary/aromatic N) is 2. The van der Waals surface area contributed by atoms with Crippen molar-refractivity contribution in [3.8, 4) is 6.07 Å². The summed E-state index contributed by atoms with van der Waals surface area (Å²) in [7, 11) is 0. The Kier molecular flexibility index (Phi) is 3.21. The molecular formula is C15H21N3. The van der Waals surface area contributed by atoms with Crippen molar-refractivity contribution in [3.63, 3.8) is 0 Å². The summed E-state index contributed by atoms with van der Waals surface area (Å²) in [6.07, 6.45) is 1.97. The fourth-order valence-electron chi connectivity index (χ4n) is 2.35. The third-order valence-electron chi connectivity index (χ3n) is 3.77. The largest absolute Gasteiger partial charge is 0.398 e. The molecule has 18 heavy (non-hydrogen) atoms. The highest BCUT2D eigenvalue weighted by molar-refractivity contribution is 5.67. The minimum atomic E-state index is -0.251. The lowest BCUT2D eigenvalue weighted by Crippen LogP contribution is -2.26. The summed E-state index contributed by atoms with van der Waals surface area (Å²) in [6.45, 7) is 8.01. The van der Waals surface area contributed by atoms with Crippen molar-refractivity contribution in [2.24, 2.45) is 5.41 Å². The maximum atomic E-state index is 9.06. The van der Waals surface area contributed by atoms with E-state index in [0.717, 1.165) is 37.2 Å². The first-order valence-electron chi connectivity index (χ1n) is 6.48. The zero-order valence-corrected chi connectivity index (χ0v) is 11.5. The van der Waals surface area contributed by atoms with Gasteiger partial charge in [-0.2, -0.15) is 5.26 Å². The highest BCUT2D eigenvalue weighted by atomic mass is 15.1. The van der Waals surface area contributed by atoms with Crippen LogP contribution >= 0.6 is 0 Å². The Morgan fingerprint density at radius 3 is 2.83 bits per heavy atom. The molecule has 1 aliphatic rings. The maximum absolute atomic E-state index is 9.06. The van der Waals surface area contributed by atoms with Gasteiger partial charge < -0.3 is 10.6 Å². The summed E-state index contributed by atoms with van der Waals surface area (Å²) >= 11 is 0. The van der Waals surface area contributed by atoms with Crippen molar-refractivity contribution in [1.29, 1.82) is 5.26 Å². The number of aryl methyl sites for hydroxylation is 1. The van der Waals surface area contributed by atoms with E-state index in [9.17, 15) is 0 Å². The second-order valence-electron chi connectivity index (χ2n) is 5.82. The van der Waals surface area contributed by atoms with Crippen molar-refractivity contribution in [2.75, 3.05) is 23.7 Å². The van der Waals surface area contributed by atoms with E-state index in [1.807, 2.05) is 13.8 Å². The first kappa shape index (κ1) is 12.8. The van der Waals surface area contributed by atoms with E-state index in [1.165, 1.54) is 11.3 Å². The summed E-state index contributed by atoms with van der Waals surface area (Å²) in [4.78, 5) is 2.35. The normalized spacial score (nSPS) is 14.4. The lowest BCUT2D eigenvalue weighted by molar-refractivity contribution is 0.452. The molecule has 0 spiro atoms. The Bertz CT molecular complexity index is 497. The number of hydrogen-bond acceptors (Lipinski definition) is 3. The van der Waals surface area contributed by atoms with Gasteiger partial charge in [-0.3, -0.25) is 0 Å². The van der Waals surface area contributed by atoms with E-state index >= 15 is 0 Å². The summed E-state index contributed by atoms with van der Waals surface area (Å²) in [5.41, 5.74) is 10.4. The van der Waals surface area contributed by atoms with Crippen LogP contribution < -0.4 is 10.6 Å². The number of benzene rings is 1. The van der Waals surface area contributed by atoms with Gasteiger partial charge in [0.2, 0.25) is 0 Å². The summed E-state index contributed by atoms with van der Waals surface area (Å²) in [6, 6.07) is 6.63. The van der Waals surface area contributed by atoms with Crippen LogP contribution in [0, 0.1) is 23.7 Å². The van der Waals surface area contributed by atoms with E-state index in [-0.39, 0.29) is 5.41 Å². The van der Waals surface area contributed by atoms with E-state index in [0.29, 0.717) is 0 Å². The molecule has 3 heteroatoms. The predicted molar refractivity (Wildman–Crippen MR) is 75.5 cm³/mol. The van der Waals surface area contributed by atoms with Gasteiger partial charge in [-0.05, 0) is 50.8 Å². The van der Waals surface area contributed by atoms with Crippen LogP contribution in [-0.4, -0.2) is 13.1 Å². The Morgan fingerprint density at radius 1 is 1.44 bits per heavy atom. The minimum Gasteiger partial charge on any atom is -0.398 e. The number of nitrogens with two attached hydrogens (primary N) is 1.